The molecule has 3 aromatic rings. The number of halogens is 4. The number of aromatic nitrogens is 4. The Kier molecular flexibility index (Phi) is 2.75. The van der Waals surface area contributed by atoms with Gasteiger partial charge in [-0.15, -0.1) is 0 Å². The molecule has 0 saturated heterocycles. The SMILES string of the molecule is Nc1[nH]nc2c1c(C(F)(F)F)nn2-c1ccc(Br)cc1. The fourth-order valence-electron chi connectivity index (χ4n) is 1.89. The molecule has 0 amide bonds. The summed E-state index contributed by atoms with van der Waals surface area (Å²) in [5.41, 5.74) is 4.95. The average molecular weight is 346 g/mol. The Morgan fingerprint density at radius 2 is 1.85 bits per heavy atom. The van der Waals surface area contributed by atoms with Crippen LogP contribution in [0.15, 0.2) is 28.7 Å². The highest BCUT2D eigenvalue weighted by molar-refractivity contribution is 9.10. The highest BCUT2D eigenvalue weighted by Gasteiger charge is 2.39. The van der Waals surface area contributed by atoms with Gasteiger partial charge in [-0.05, 0) is 24.3 Å². The summed E-state index contributed by atoms with van der Waals surface area (Å²) in [6, 6.07) is 6.65. The highest BCUT2D eigenvalue weighted by Crippen LogP contribution is 2.36. The molecule has 0 aliphatic rings. The summed E-state index contributed by atoms with van der Waals surface area (Å²) in [4.78, 5) is 0. The number of alkyl halides is 3. The molecule has 0 saturated carbocycles. The third-order valence-corrected chi connectivity index (χ3v) is 3.28. The zero-order valence-corrected chi connectivity index (χ0v) is 11.3. The Balaban J connectivity index is 2.29. The quantitative estimate of drug-likeness (QED) is 0.711. The number of hydrogen-bond acceptors (Lipinski definition) is 3. The molecule has 0 atom stereocenters. The number of nitrogens with two attached hydrogens (primary N) is 1. The van der Waals surface area contributed by atoms with Gasteiger partial charge in [0.05, 0.1) is 11.1 Å². The molecule has 0 spiro atoms. The van der Waals surface area contributed by atoms with E-state index in [1.165, 1.54) is 0 Å². The minimum absolute atomic E-state index is 0.0390. The molecular formula is C11H7BrF3N5. The van der Waals surface area contributed by atoms with Crippen LogP contribution in [0.4, 0.5) is 19.0 Å². The van der Waals surface area contributed by atoms with Gasteiger partial charge in [-0.2, -0.15) is 23.4 Å². The maximum atomic E-state index is 13.0. The van der Waals surface area contributed by atoms with Crippen LogP contribution in [0.5, 0.6) is 0 Å². The fourth-order valence-corrected chi connectivity index (χ4v) is 2.15. The summed E-state index contributed by atoms with van der Waals surface area (Å²) >= 11 is 3.26. The number of nitrogen functional groups attached to an aromatic ring is 1. The molecule has 1 aromatic carbocycles. The van der Waals surface area contributed by atoms with Gasteiger partial charge >= 0.3 is 6.18 Å². The summed E-state index contributed by atoms with van der Waals surface area (Å²) < 4.78 is 40.9. The average Bonchev–Trinajstić information content (AvgIpc) is 2.91. The predicted molar refractivity (Wildman–Crippen MR) is 70.3 cm³/mol. The largest absolute Gasteiger partial charge is 0.436 e. The molecule has 0 fully saturated rings. The van der Waals surface area contributed by atoms with E-state index >= 15 is 0 Å². The molecule has 0 unspecified atom stereocenters. The number of fused-ring (bicyclic) bond motifs is 1. The van der Waals surface area contributed by atoms with Gasteiger partial charge in [-0.25, -0.2) is 4.68 Å². The molecule has 9 heteroatoms. The Hall–Kier alpha value is -2.03. The van der Waals surface area contributed by atoms with Crippen molar-refractivity contribution < 1.29 is 13.2 Å². The van der Waals surface area contributed by atoms with Gasteiger partial charge in [0.25, 0.3) is 0 Å². The molecule has 104 valence electrons. The molecule has 0 radical (unpaired) electrons. The molecule has 0 bridgehead atoms. The Morgan fingerprint density at radius 1 is 1.20 bits per heavy atom. The second-order valence-corrected chi connectivity index (χ2v) is 4.99. The molecule has 5 nitrogen and oxygen atoms in total. The van der Waals surface area contributed by atoms with Crippen LogP contribution in [0.1, 0.15) is 5.69 Å². The van der Waals surface area contributed by atoms with Crippen LogP contribution in [-0.4, -0.2) is 20.0 Å². The number of anilines is 1. The van der Waals surface area contributed by atoms with Gasteiger partial charge in [-0.1, -0.05) is 15.9 Å². The summed E-state index contributed by atoms with van der Waals surface area (Å²) in [6.07, 6.45) is -4.60. The predicted octanol–water partition coefficient (Wildman–Crippen LogP) is 3.11. The van der Waals surface area contributed by atoms with Crippen molar-refractivity contribution in [3.8, 4) is 5.69 Å². The van der Waals surface area contributed by atoms with Crippen LogP contribution in [0.2, 0.25) is 0 Å². The monoisotopic (exact) mass is 345 g/mol. The van der Waals surface area contributed by atoms with E-state index in [1.54, 1.807) is 24.3 Å². The number of H-pyrrole nitrogens is 1. The molecule has 20 heavy (non-hydrogen) atoms. The number of rotatable bonds is 1. The van der Waals surface area contributed by atoms with E-state index in [4.69, 9.17) is 5.73 Å². The maximum Gasteiger partial charge on any atom is 0.436 e. The van der Waals surface area contributed by atoms with Gasteiger partial charge in [-0.3, -0.25) is 5.10 Å². The highest BCUT2D eigenvalue weighted by atomic mass is 79.9. The zero-order valence-electron chi connectivity index (χ0n) is 9.74. The van der Waals surface area contributed by atoms with Gasteiger partial charge in [0.1, 0.15) is 5.82 Å². The summed E-state index contributed by atoms with van der Waals surface area (Å²) in [7, 11) is 0. The molecular weight excluding hydrogens is 339 g/mol. The smallest absolute Gasteiger partial charge is 0.383 e. The maximum absolute atomic E-state index is 13.0. The van der Waals surface area contributed by atoms with Crippen molar-refractivity contribution in [1.29, 1.82) is 0 Å². The van der Waals surface area contributed by atoms with E-state index in [0.29, 0.717) is 5.69 Å². The third-order valence-electron chi connectivity index (χ3n) is 2.75. The van der Waals surface area contributed by atoms with Crippen LogP contribution in [0.25, 0.3) is 16.7 Å². The molecule has 3 N–H and O–H groups in total. The molecule has 0 aliphatic heterocycles. The normalized spacial score (nSPS) is 12.2. The first kappa shape index (κ1) is 13.0. The first-order valence-electron chi connectivity index (χ1n) is 5.43. The zero-order chi connectivity index (χ0) is 14.5. The molecule has 0 aliphatic carbocycles. The van der Waals surface area contributed by atoms with E-state index in [1.807, 2.05) is 0 Å². The topological polar surface area (TPSA) is 72.5 Å². The second-order valence-electron chi connectivity index (χ2n) is 4.07. The summed E-state index contributed by atoms with van der Waals surface area (Å²) in [6.45, 7) is 0. The van der Waals surface area contributed by atoms with Gasteiger partial charge < -0.3 is 5.73 Å². The van der Waals surface area contributed by atoms with Gasteiger partial charge in [0.2, 0.25) is 0 Å². The van der Waals surface area contributed by atoms with E-state index in [2.05, 4.69) is 31.2 Å². The summed E-state index contributed by atoms with van der Waals surface area (Å²) in [5, 5.41) is 9.51. The Bertz CT molecular complexity index is 772. The van der Waals surface area contributed by atoms with Crippen molar-refractivity contribution in [2.75, 3.05) is 5.73 Å². The second kappa shape index (κ2) is 4.23. The lowest BCUT2D eigenvalue weighted by molar-refractivity contribution is -0.140. The Labute approximate surface area is 118 Å². The van der Waals surface area contributed by atoms with Crippen molar-refractivity contribution in [2.24, 2.45) is 0 Å². The van der Waals surface area contributed by atoms with Gasteiger partial charge in [0, 0.05) is 4.47 Å². The number of benzene rings is 1. The lowest BCUT2D eigenvalue weighted by atomic mass is 10.3. The van der Waals surface area contributed by atoms with E-state index in [9.17, 15) is 13.2 Å². The summed E-state index contributed by atoms with van der Waals surface area (Å²) in [5.74, 6) is -0.157. The van der Waals surface area contributed by atoms with Crippen molar-refractivity contribution in [2.45, 2.75) is 6.18 Å². The lowest BCUT2D eigenvalue weighted by Crippen LogP contribution is -2.08. The van der Waals surface area contributed by atoms with Crippen LogP contribution < -0.4 is 5.73 Å². The van der Waals surface area contributed by atoms with Crippen molar-refractivity contribution in [1.82, 2.24) is 20.0 Å². The van der Waals surface area contributed by atoms with E-state index in [0.717, 1.165) is 9.15 Å². The number of nitrogens with one attached hydrogen (secondary N) is 1. The number of hydrogen-bond donors (Lipinski definition) is 2. The van der Waals surface area contributed by atoms with Gasteiger partial charge in [0.15, 0.2) is 11.3 Å². The van der Waals surface area contributed by atoms with Crippen LogP contribution >= 0.6 is 15.9 Å². The van der Waals surface area contributed by atoms with E-state index < -0.39 is 11.9 Å². The third kappa shape index (κ3) is 1.94. The van der Waals surface area contributed by atoms with Crippen molar-refractivity contribution >= 4 is 32.8 Å². The number of nitrogens with zero attached hydrogens (tertiary/aromatic N) is 3. The first-order chi connectivity index (χ1) is 9.38. The van der Waals surface area contributed by atoms with Crippen LogP contribution in [0, 0.1) is 0 Å². The minimum Gasteiger partial charge on any atom is -0.383 e. The van der Waals surface area contributed by atoms with Crippen molar-refractivity contribution in [3.05, 3.63) is 34.4 Å². The van der Waals surface area contributed by atoms with Crippen molar-refractivity contribution in [3.63, 3.8) is 0 Å². The lowest BCUT2D eigenvalue weighted by Gasteiger charge is -2.03. The molecule has 2 aromatic heterocycles. The number of aromatic amines is 1. The van der Waals surface area contributed by atoms with E-state index in [-0.39, 0.29) is 16.9 Å². The minimum atomic E-state index is -4.60. The molecule has 2 heterocycles. The first-order valence-corrected chi connectivity index (χ1v) is 6.23. The van der Waals surface area contributed by atoms with Crippen LogP contribution in [-0.2, 0) is 6.18 Å². The fraction of sp³-hybridized carbons (Fsp3) is 0.0909. The Morgan fingerprint density at radius 3 is 2.45 bits per heavy atom. The molecule has 3 rings (SSSR count). The standard InChI is InChI=1S/C11H7BrF3N5/c12-5-1-3-6(4-2-5)20-10-7(9(16)17-18-10)8(19-20)11(13,14)15/h1-4H,(H3,16,17,18). The van der Waals surface area contributed by atoms with Crippen LogP contribution in [0.3, 0.4) is 0 Å².